The van der Waals surface area contributed by atoms with Gasteiger partial charge in [0.15, 0.2) is 0 Å². The zero-order valence-electron chi connectivity index (χ0n) is 8.78. The van der Waals surface area contributed by atoms with E-state index in [0.717, 1.165) is 18.9 Å². The van der Waals surface area contributed by atoms with E-state index in [1.54, 1.807) is 0 Å². The fourth-order valence-electron chi connectivity index (χ4n) is 3.09. The second-order valence-electron chi connectivity index (χ2n) is 4.83. The second-order valence-corrected chi connectivity index (χ2v) is 4.83. The number of hydrogen-bond acceptors (Lipinski definition) is 2. The van der Waals surface area contributed by atoms with Crippen LogP contribution in [0.5, 0.6) is 0 Å². The van der Waals surface area contributed by atoms with Gasteiger partial charge in [0.2, 0.25) is 0 Å². The van der Waals surface area contributed by atoms with E-state index in [2.05, 4.69) is 0 Å². The van der Waals surface area contributed by atoms with Crippen molar-refractivity contribution in [2.75, 3.05) is 13.6 Å². The Labute approximate surface area is 85.1 Å². The van der Waals surface area contributed by atoms with Crippen LogP contribution in [0.3, 0.4) is 0 Å². The Bertz CT molecular complexity index is 229. The molecule has 3 nitrogen and oxygen atoms in total. The maximum absolute atomic E-state index is 11.0. The molecule has 14 heavy (non-hydrogen) atoms. The number of piperidine rings is 1. The van der Waals surface area contributed by atoms with E-state index < -0.39 is 5.97 Å². The molecule has 1 N–H and O–H groups in total. The summed E-state index contributed by atoms with van der Waals surface area (Å²) >= 11 is 0. The Kier molecular flexibility index (Phi) is 2.77. The van der Waals surface area contributed by atoms with Crippen LogP contribution in [0.1, 0.15) is 32.1 Å². The smallest absolute Gasteiger partial charge is 0.320 e. The lowest BCUT2D eigenvalue weighted by Crippen LogP contribution is -2.49. The molecule has 2 aliphatic rings. The number of aliphatic carboxylic acids is 1. The summed E-state index contributed by atoms with van der Waals surface area (Å²) in [7, 11) is 1.95. The number of rotatable bonds is 1. The van der Waals surface area contributed by atoms with Crippen LogP contribution in [-0.2, 0) is 4.79 Å². The summed E-state index contributed by atoms with van der Waals surface area (Å²) in [6, 6.07) is -0.227. The number of carboxylic acids is 1. The molecule has 0 aromatic rings. The van der Waals surface area contributed by atoms with Crippen LogP contribution in [0.15, 0.2) is 0 Å². The topological polar surface area (TPSA) is 40.5 Å². The molecule has 0 spiro atoms. The summed E-state index contributed by atoms with van der Waals surface area (Å²) < 4.78 is 0. The zero-order chi connectivity index (χ0) is 10.1. The van der Waals surface area contributed by atoms with Crippen molar-refractivity contribution < 1.29 is 9.90 Å². The highest BCUT2D eigenvalue weighted by Gasteiger charge is 2.37. The molecule has 0 aromatic heterocycles. The Morgan fingerprint density at radius 2 is 1.93 bits per heavy atom. The third kappa shape index (κ3) is 1.78. The normalized spacial score (nSPS) is 39.1. The first-order chi connectivity index (χ1) is 6.68. The predicted molar refractivity (Wildman–Crippen MR) is 54.1 cm³/mol. The Hall–Kier alpha value is -0.570. The predicted octanol–water partition coefficient (Wildman–Crippen LogP) is 1.58. The molecule has 2 rings (SSSR count). The molecule has 0 radical (unpaired) electrons. The molecular formula is C11H19NO2. The van der Waals surface area contributed by atoms with E-state index in [9.17, 15) is 4.79 Å². The van der Waals surface area contributed by atoms with Gasteiger partial charge < -0.3 is 5.11 Å². The van der Waals surface area contributed by atoms with Crippen LogP contribution in [0.25, 0.3) is 0 Å². The van der Waals surface area contributed by atoms with E-state index in [-0.39, 0.29) is 6.04 Å². The van der Waals surface area contributed by atoms with Gasteiger partial charge in [-0.05, 0) is 31.7 Å². The maximum atomic E-state index is 11.0. The number of carbonyl (C=O) groups is 1. The van der Waals surface area contributed by atoms with Crippen LogP contribution < -0.4 is 0 Å². The van der Waals surface area contributed by atoms with Gasteiger partial charge in [0, 0.05) is 6.54 Å². The maximum Gasteiger partial charge on any atom is 0.320 e. The van der Waals surface area contributed by atoms with Crippen molar-refractivity contribution in [3.63, 3.8) is 0 Å². The fraction of sp³-hybridized carbons (Fsp3) is 0.909. The lowest BCUT2D eigenvalue weighted by Gasteiger charge is -2.43. The van der Waals surface area contributed by atoms with Crippen molar-refractivity contribution in [1.29, 1.82) is 0 Å². The fourth-order valence-corrected chi connectivity index (χ4v) is 3.09. The molecule has 80 valence electrons. The zero-order valence-corrected chi connectivity index (χ0v) is 8.78. The number of fused-ring (bicyclic) bond motifs is 1. The summed E-state index contributed by atoms with van der Waals surface area (Å²) in [4.78, 5) is 13.0. The minimum absolute atomic E-state index is 0.227. The lowest BCUT2D eigenvalue weighted by molar-refractivity contribution is -0.146. The largest absolute Gasteiger partial charge is 0.480 e. The van der Waals surface area contributed by atoms with Crippen molar-refractivity contribution in [1.82, 2.24) is 4.90 Å². The first-order valence-electron chi connectivity index (χ1n) is 5.61. The van der Waals surface area contributed by atoms with Crippen molar-refractivity contribution in [3.05, 3.63) is 0 Å². The van der Waals surface area contributed by atoms with Crippen LogP contribution in [0.4, 0.5) is 0 Å². The van der Waals surface area contributed by atoms with Gasteiger partial charge in [-0.3, -0.25) is 9.69 Å². The first-order valence-corrected chi connectivity index (χ1v) is 5.61. The van der Waals surface area contributed by atoms with Gasteiger partial charge in [-0.15, -0.1) is 0 Å². The summed E-state index contributed by atoms with van der Waals surface area (Å²) in [5.74, 6) is 0.807. The standard InChI is InChI=1S/C11H19NO2/c1-12-7-9-5-3-2-4-8(9)6-10(12)11(13)14/h8-10H,2-7H2,1H3,(H,13,14)/t8-,9+,10-/m0/s1. The monoisotopic (exact) mass is 197 g/mol. The third-order valence-electron chi connectivity index (χ3n) is 3.93. The van der Waals surface area contributed by atoms with Crippen molar-refractivity contribution in [3.8, 4) is 0 Å². The molecule has 0 amide bonds. The highest BCUT2D eigenvalue weighted by molar-refractivity contribution is 5.73. The summed E-state index contributed by atoms with van der Waals surface area (Å²) in [5, 5.41) is 9.06. The van der Waals surface area contributed by atoms with Gasteiger partial charge in [0.25, 0.3) is 0 Å². The highest BCUT2D eigenvalue weighted by atomic mass is 16.4. The molecule has 1 saturated carbocycles. The average Bonchev–Trinajstić information content (AvgIpc) is 2.16. The van der Waals surface area contributed by atoms with Crippen molar-refractivity contribution >= 4 is 5.97 Å². The van der Waals surface area contributed by atoms with Gasteiger partial charge >= 0.3 is 5.97 Å². The number of nitrogens with zero attached hydrogens (tertiary/aromatic N) is 1. The number of carboxylic acid groups (broad SMARTS) is 1. The first kappa shape index (κ1) is 9.97. The summed E-state index contributed by atoms with van der Waals surface area (Å²) in [5.41, 5.74) is 0. The third-order valence-corrected chi connectivity index (χ3v) is 3.93. The molecule has 1 saturated heterocycles. The molecule has 1 aliphatic heterocycles. The quantitative estimate of drug-likeness (QED) is 0.694. The molecule has 0 unspecified atom stereocenters. The molecule has 0 aromatic carbocycles. The summed E-state index contributed by atoms with van der Waals surface area (Å²) in [6.45, 7) is 0.988. The molecular weight excluding hydrogens is 178 g/mol. The van der Waals surface area contributed by atoms with Crippen LogP contribution in [0, 0.1) is 11.8 Å². The Morgan fingerprint density at radius 3 is 2.57 bits per heavy atom. The van der Waals surface area contributed by atoms with Crippen LogP contribution in [-0.4, -0.2) is 35.6 Å². The van der Waals surface area contributed by atoms with Gasteiger partial charge in [-0.25, -0.2) is 0 Å². The Morgan fingerprint density at radius 1 is 1.29 bits per heavy atom. The summed E-state index contributed by atoms with van der Waals surface area (Å²) in [6.07, 6.45) is 6.07. The van der Waals surface area contributed by atoms with Crippen LogP contribution in [0.2, 0.25) is 0 Å². The van der Waals surface area contributed by atoms with Gasteiger partial charge in [0.05, 0.1) is 0 Å². The number of likely N-dealkylation sites (tertiary alicyclic amines) is 1. The Balaban J connectivity index is 2.03. The second kappa shape index (κ2) is 3.89. The molecule has 3 atom stereocenters. The minimum Gasteiger partial charge on any atom is -0.480 e. The highest BCUT2D eigenvalue weighted by Crippen LogP contribution is 2.37. The van der Waals surface area contributed by atoms with E-state index in [4.69, 9.17) is 5.11 Å². The molecule has 3 heteroatoms. The van der Waals surface area contributed by atoms with Gasteiger partial charge in [0.1, 0.15) is 6.04 Å². The van der Waals surface area contributed by atoms with Gasteiger partial charge in [-0.2, -0.15) is 0 Å². The van der Waals surface area contributed by atoms with E-state index in [0.29, 0.717) is 5.92 Å². The number of hydrogen-bond donors (Lipinski definition) is 1. The van der Waals surface area contributed by atoms with E-state index in [1.807, 2.05) is 11.9 Å². The molecule has 2 fully saturated rings. The van der Waals surface area contributed by atoms with Crippen LogP contribution >= 0.6 is 0 Å². The molecule has 0 bridgehead atoms. The average molecular weight is 197 g/mol. The van der Waals surface area contributed by atoms with E-state index in [1.165, 1.54) is 25.7 Å². The number of likely N-dealkylation sites (N-methyl/N-ethyl adjacent to an activating group) is 1. The van der Waals surface area contributed by atoms with Gasteiger partial charge in [-0.1, -0.05) is 19.3 Å². The minimum atomic E-state index is -0.642. The van der Waals surface area contributed by atoms with Crippen molar-refractivity contribution in [2.45, 2.75) is 38.1 Å². The van der Waals surface area contributed by atoms with E-state index >= 15 is 0 Å². The molecule has 1 aliphatic carbocycles. The molecule has 1 heterocycles. The SMILES string of the molecule is CN1C[C@H]2CCCC[C@H]2C[C@H]1C(=O)O. The van der Waals surface area contributed by atoms with Crippen molar-refractivity contribution in [2.24, 2.45) is 11.8 Å². The lowest BCUT2D eigenvalue weighted by atomic mass is 9.73.